The maximum Gasteiger partial charge on any atom is 0.143 e. The molecular weight excluding hydrogens is 393 g/mol. The number of aromatic nitrogens is 4. The minimum Gasteiger partial charge on any atom is -0.383 e. The first-order chi connectivity index (χ1) is 13.6. The van der Waals surface area contributed by atoms with Gasteiger partial charge in [0.25, 0.3) is 0 Å². The fourth-order valence-electron chi connectivity index (χ4n) is 2.57. The molecule has 3 heterocycles. The van der Waals surface area contributed by atoms with E-state index in [1.807, 2.05) is 29.0 Å². The molecule has 0 atom stereocenters. The zero-order chi connectivity index (χ0) is 19.9. The van der Waals surface area contributed by atoms with Gasteiger partial charge in [0.15, 0.2) is 0 Å². The van der Waals surface area contributed by atoms with E-state index in [1.165, 1.54) is 0 Å². The summed E-state index contributed by atoms with van der Waals surface area (Å²) < 4.78 is 1.86. The van der Waals surface area contributed by atoms with E-state index in [0.717, 1.165) is 11.1 Å². The van der Waals surface area contributed by atoms with Crippen molar-refractivity contribution in [3.05, 3.63) is 71.4 Å². The molecule has 7 heteroatoms. The molecule has 0 spiro atoms. The van der Waals surface area contributed by atoms with E-state index in [0.29, 0.717) is 40.2 Å². The summed E-state index contributed by atoms with van der Waals surface area (Å²) >= 11 is 12.6. The number of allylic oxidation sites excluding steroid dienone is 4. The average molecular weight is 410 g/mol. The normalized spacial score (nSPS) is 12.0. The number of pyridine rings is 2. The summed E-state index contributed by atoms with van der Waals surface area (Å²) in [6.45, 7) is 0.340. The molecule has 0 aliphatic rings. The molecule has 0 aliphatic carbocycles. The van der Waals surface area contributed by atoms with Crippen LogP contribution in [0.25, 0.3) is 22.5 Å². The van der Waals surface area contributed by atoms with Crippen molar-refractivity contribution in [1.82, 2.24) is 19.5 Å². The number of nitrogens with two attached hydrogens (primary N) is 1. The number of hydrogen-bond acceptors (Lipinski definition) is 4. The summed E-state index contributed by atoms with van der Waals surface area (Å²) in [6.07, 6.45) is 17.9. The Morgan fingerprint density at radius 3 is 2.82 bits per heavy atom. The summed E-state index contributed by atoms with van der Waals surface area (Å²) in [7, 11) is 0. The molecule has 0 unspecified atom stereocenters. The van der Waals surface area contributed by atoms with Gasteiger partial charge in [-0.3, -0.25) is 4.98 Å². The molecule has 0 aliphatic heterocycles. The molecule has 0 saturated heterocycles. The number of halogens is 2. The molecule has 0 aromatic carbocycles. The van der Waals surface area contributed by atoms with Crippen molar-refractivity contribution in [2.75, 3.05) is 5.73 Å². The van der Waals surface area contributed by atoms with Gasteiger partial charge in [-0.1, -0.05) is 35.3 Å². The second-order valence-electron chi connectivity index (χ2n) is 5.84. The largest absolute Gasteiger partial charge is 0.383 e. The molecule has 0 bridgehead atoms. The topological polar surface area (TPSA) is 69.6 Å². The third-order valence-electron chi connectivity index (χ3n) is 3.94. The van der Waals surface area contributed by atoms with Crippen molar-refractivity contribution >= 4 is 29.0 Å². The predicted molar refractivity (Wildman–Crippen MR) is 114 cm³/mol. The molecule has 0 radical (unpaired) electrons. The third-order valence-corrected chi connectivity index (χ3v) is 4.71. The molecule has 3 aromatic rings. The van der Waals surface area contributed by atoms with Crippen LogP contribution in [-0.2, 0) is 6.54 Å². The van der Waals surface area contributed by atoms with Crippen molar-refractivity contribution in [1.29, 1.82) is 0 Å². The highest BCUT2D eigenvalue weighted by molar-refractivity contribution is 6.40. The lowest BCUT2D eigenvalue weighted by Gasteiger charge is -2.11. The van der Waals surface area contributed by atoms with Crippen molar-refractivity contribution in [3.8, 4) is 34.9 Å². The first kappa shape index (κ1) is 19.7. The lowest BCUT2D eigenvalue weighted by molar-refractivity contribution is 0.818. The summed E-state index contributed by atoms with van der Waals surface area (Å²) in [5, 5.41) is 0.885. The third kappa shape index (κ3) is 4.61. The van der Waals surface area contributed by atoms with Gasteiger partial charge in [0.2, 0.25) is 0 Å². The number of nitrogen functional groups attached to an aromatic ring is 1. The van der Waals surface area contributed by atoms with E-state index in [2.05, 4.69) is 20.9 Å². The first-order valence-corrected chi connectivity index (χ1v) is 9.17. The number of imidazole rings is 1. The van der Waals surface area contributed by atoms with Gasteiger partial charge in [-0.2, -0.15) is 0 Å². The smallest absolute Gasteiger partial charge is 0.143 e. The van der Waals surface area contributed by atoms with E-state index in [4.69, 9.17) is 35.4 Å². The summed E-state index contributed by atoms with van der Waals surface area (Å²) in [6, 6.07) is 5.76. The predicted octanol–water partition coefficient (Wildman–Crippen LogP) is 4.86. The van der Waals surface area contributed by atoms with Gasteiger partial charge in [-0.15, -0.1) is 12.3 Å². The number of anilines is 1. The van der Waals surface area contributed by atoms with Gasteiger partial charge >= 0.3 is 0 Å². The van der Waals surface area contributed by atoms with Crippen LogP contribution in [0.4, 0.5) is 5.82 Å². The van der Waals surface area contributed by atoms with Gasteiger partial charge in [0, 0.05) is 48.5 Å². The van der Waals surface area contributed by atoms with Gasteiger partial charge < -0.3 is 10.3 Å². The Kier molecular flexibility index (Phi) is 6.49. The minimum atomic E-state index is 0.340. The molecule has 0 fully saturated rings. The fourth-order valence-corrected chi connectivity index (χ4v) is 2.91. The summed E-state index contributed by atoms with van der Waals surface area (Å²) in [4.78, 5) is 12.9. The zero-order valence-electron chi connectivity index (χ0n) is 14.9. The van der Waals surface area contributed by atoms with E-state index in [1.54, 1.807) is 36.9 Å². The Bertz CT molecular complexity index is 1060. The second-order valence-corrected chi connectivity index (χ2v) is 6.70. The monoisotopic (exact) mass is 409 g/mol. The van der Waals surface area contributed by atoms with Crippen LogP contribution in [0.5, 0.6) is 0 Å². The molecule has 5 nitrogen and oxygen atoms in total. The molecule has 0 saturated carbocycles. The number of rotatable bonds is 6. The minimum absolute atomic E-state index is 0.340. The average Bonchev–Trinajstić information content (AvgIpc) is 3.17. The maximum absolute atomic E-state index is 6.37. The van der Waals surface area contributed by atoms with Crippen LogP contribution >= 0.6 is 23.2 Å². The van der Waals surface area contributed by atoms with Crippen LogP contribution in [0, 0.1) is 12.3 Å². The molecule has 2 N–H and O–H groups in total. The quantitative estimate of drug-likeness (QED) is 0.466. The van der Waals surface area contributed by atoms with Crippen molar-refractivity contribution in [2.45, 2.75) is 13.0 Å². The van der Waals surface area contributed by atoms with Crippen LogP contribution in [0.3, 0.4) is 0 Å². The Morgan fingerprint density at radius 1 is 1.21 bits per heavy atom. The second kappa shape index (κ2) is 9.23. The highest BCUT2D eigenvalue weighted by atomic mass is 35.5. The summed E-state index contributed by atoms with van der Waals surface area (Å²) in [5.74, 6) is 3.53. The number of terminal acetylenes is 1. The molecule has 0 amide bonds. The Morgan fingerprint density at radius 2 is 2.07 bits per heavy atom. The Hall–Kier alpha value is -3.07. The lowest BCUT2D eigenvalue weighted by Crippen LogP contribution is -2.04. The van der Waals surface area contributed by atoms with Gasteiger partial charge in [-0.25, -0.2) is 9.97 Å². The molecule has 3 aromatic heterocycles. The van der Waals surface area contributed by atoms with Gasteiger partial charge in [0.05, 0.1) is 22.2 Å². The Labute approximate surface area is 173 Å². The lowest BCUT2D eigenvalue weighted by atomic mass is 10.1. The number of hydrogen-bond donors (Lipinski definition) is 1. The van der Waals surface area contributed by atoms with Crippen LogP contribution in [-0.4, -0.2) is 19.5 Å². The van der Waals surface area contributed by atoms with Crippen molar-refractivity contribution in [3.63, 3.8) is 0 Å². The van der Waals surface area contributed by atoms with Crippen LogP contribution < -0.4 is 5.73 Å². The van der Waals surface area contributed by atoms with E-state index in [-0.39, 0.29) is 0 Å². The van der Waals surface area contributed by atoms with Crippen molar-refractivity contribution in [2.24, 2.45) is 0 Å². The zero-order valence-corrected chi connectivity index (χ0v) is 16.4. The fraction of sp³-hybridized carbons (Fsp3) is 0.0952. The highest BCUT2D eigenvalue weighted by Gasteiger charge is 2.14. The van der Waals surface area contributed by atoms with Crippen LogP contribution in [0.2, 0.25) is 0 Å². The number of nitrogens with zero attached hydrogens (tertiary/aromatic N) is 4. The van der Waals surface area contributed by atoms with Crippen LogP contribution in [0.1, 0.15) is 6.42 Å². The summed E-state index contributed by atoms with van der Waals surface area (Å²) in [5.41, 5.74) is 8.65. The van der Waals surface area contributed by atoms with E-state index in [9.17, 15) is 0 Å². The van der Waals surface area contributed by atoms with Crippen molar-refractivity contribution < 1.29 is 0 Å². The van der Waals surface area contributed by atoms with E-state index >= 15 is 0 Å². The molecule has 140 valence electrons. The Balaban J connectivity index is 1.94. The SMILES string of the molecule is C#CC/C=C\C(Cl)=C(\Cl)Cn1ccnc1-c1cc(-c2cccnc2)cnc1N. The maximum atomic E-state index is 6.37. The standard InChI is InChI=1S/C21H17Cl2N5/c1-2-3-4-7-18(22)19(23)14-28-10-9-26-21(28)17-11-16(13-27-20(17)24)15-6-5-8-25-12-15/h1,4-13H,3,14H2,(H2,24,27)/b7-4-,19-18-. The highest BCUT2D eigenvalue weighted by Crippen LogP contribution is 2.29. The molecular formula is C21H17Cl2N5. The van der Waals surface area contributed by atoms with Crippen LogP contribution in [0.15, 0.2) is 71.4 Å². The van der Waals surface area contributed by atoms with Gasteiger partial charge in [0.1, 0.15) is 11.6 Å². The van der Waals surface area contributed by atoms with E-state index < -0.39 is 0 Å². The molecule has 28 heavy (non-hydrogen) atoms. The van der Waals surface area contributed by atoms with Gasteiger partial charge in [-0.05, 0) is 18.2 Å². The molecule has 3 rings (SSSR count). The first-order valence-electron chi connectivity index (χ1n) is 8.41.